The third-order valence-corrected chi connectivity index (χ3v) is 3.33. The molecule has 0 unspecified atom stereocenters. The molecule has 0 saturated carbocycles. The Morgan fingerprint density at radius 3 is 2.24 bits per heavy atom. The Hall–Kier alpha value is -1.00. The number of benzene rings is 2. The largest absolute Gasteiger partial charge is 0.455 e. The number of nitrogens with two attached hydrogens (primary N) is 1. The maximum Gasteiger partial charge on any atom is 0.151 e. The van der Waals surface area contributed by atoms with Crippen LogP contribution in [0.2, 0.25) is 0 Å². The molecule has 0 aromatic heterocycles. The third-order valence-electron chi connectivity index (χ3n) is 2.35. The Morgan fingerprint density at radius 1 is 0.941 bits per heavy atom. The Labute approximate surface area is 117 Å². The monoisotopic (exact) mass is 355 g/mol. The van der Waals surface area contributed by atoms with Gasteiger partial charge >= 0.3 is 0 Å². The highest BCUT2D eigenvalue weighted by atomic mass is 79.9. The quantitative estimate of drug-likeness (QED) is 0.777. The van der Waals surface area contributed by atoms with Gasteiger partial charge in [-0.25, -0.2) is 0 Å². The zero-order chi connectivity index (χ0) is 12.4. The molecule has 2 rings (SSSR count). The molecule has 0 heterocycles. The Morgan fingerprint density at radius 2 is 1.53 bits per heavy atom. The van der Waals surface area contributed by atoms with Crippen molar-refractivity contribution in [2.75, 3.05) is 5.73 Å². The molecule has 0 aliphatic heterocycles. The topological polar surface area (TPSA) is 35.2 Å². The number of ether oxygens (including phenoxy) is 1. The second-order valence-electron chi connectivity index (χ2n) is 3.69. The van der Waals surface area contributed by atoms with Crippen LogP contribution in [0.25, 0.3) is 0 Å². The summed E-state index contributed by atoms with van der Waals surface area (Å²) in [6.45, 7) is 2.00. The highest BCUT2D eigenvalue weighted by molar-refractivity contribution is 9.10. The summed E-state index contributed by atoms with van der Waals surface area (Å²) in [5.41, 5.74) is 7.55. The molecule has 0 amide bonds. The summed E-state index contributed by atoms with van der Waals surface area (Å²) >= 11 is 6.82. The normalized spacial score (nSPS) is 10.3. The zero-order valence-electron chi connectivity index (χ0n) is 9.21. The van der Waals surface area contributed by atoms with Gasteiger partial charge in [-0.05, 0) is 42.8 Å². The van der Waals surface area contributed by atoms with Crippen LogP contribution >= 0.6 is 31.9 Å². The van der Waals surface area contributed by atoms with Crippen molar-refractivity contribution < 1.29 is 4.74 Å². The molecule has 2 aromatic rings. The lowest BCUT2D eigenvalue weighted by molar-refractivity contribution is 0.480. The molecule has 0 saturated heterocycles. The first kappa shape index (κ1) is 12.5. The molecule has 2 N–H and O–H groups in total. The average Bonchev–Trinajstić information content (AvgIpc) is 2.28. The summed E-state index contributed by atoms with van der Waals surface area (Å²) in [4.78, 5) is 0. The summed E-state index contributed by atoms with van der Waals surface area (Å²) in [6, 6.07) is 11.5. The smallest absolute Gasteiger partial charge is 0.151 e. The molecule has 0 aliphatic rings. The summed E-state index contributed by atoms with van der Waals surface area (Å²) in [6.07, 6.45) is 0. The van der Waals surface area contributed by atoms with Gasteiger partial charge in [0.25, 0.3) is 0 Å². The molecule has 2 aromatic carbocycles. The van der Waals surface area contributed by atoms with Gasteiger partial charge in [0.2, 0.25) is 0 Å². The molecule has 0 fully saturated rings. The van der Waals surface area contributed by atoms with Crippen LogP contribution in [0.15, 0.2) is 45.3 Å². The highest BCUT2D eigenvalue weighted by Gasteiger charge is 2.06. The van der Waals surface area contributed by atoms with Gasteiger partial charge < -0.3 is 10.5 Å². The van der Waals surface area contributed by atoms with Gasteiger partial charge in [0.1, 0.15) is 5.75 Å². The van der Waals surface area contributed by atoms with Gasteiger partial charge in [-0.3, -0.25) is 0 Å². The van der Waals surface area contributed by atoms with E-state index >= 15 is 0 Å². The minimum Gasteiger partial charge on any atom is -0.455 e. The Kier molecular flexibility index (Phi) is 3.74. The lowest BCUT2D eigenvalue weighted by Gasteiger charge is -2.11. The molecule has 0 spiro atoms. The number of nitrogen functional groups attached to an aromatic ring is 1. The van der Waals surface area contributed by atoms with Crippen LogP contribution in [-0.2, 0) is 0 Å². The second-order valence-corrected chi connectivity index (χ2v) is 5.53. The third kappa shape index (κ3) is 3.01. The van der Waals surface area contributed by atoms with Gasteiger partial charge in [-0.15, -0.1) is 0 Å². The Balaban J connectivity index is 2.37. The number of halogens is 2. The van der Waals surface area contributed by atoms with E-state index < -0.39 is 0 Å². The van der Waals surface area contributed by atoms with Gasteiger partial charge in [-0.2, -0.15) is 0 Å². The molecular weight excluding hydrogens is 346 g/mol. The fraction of sp³-hybridized carbons (Fsp3) is 0.0769. The molecule has 0 aliphatic carbocycles. The zero-order valence-corrected chi connectivity index (χ0v) is 12.4. The van der Waals surface area contributed by atoms with Crippen LogP contribution in [0, 0.1) is 6.92 Å². The van der Waals surface area contributed by atoms with E-state index in [1.54, 1.807) is 0 Å². The maximum atomic E-state index is 5.87. The Bertz CT molecular complexity index is 506. The van der Waals surface area contributed by atoms with Gasteiger partial charge in [-0.1, -0.05) is 37.9 Å². The number of aryl methyl sites for hydroxylation is 1. The molecule has 17 heavy (non-hydrogen) atoms. The predicted molar refractivity (Wildman–Crippen MR) is 77.5 cm³/mol. The molecular formula is C13H11Br2NO. The van der Waals surface area contributed by atoms with Crippen LogP contribution in [0.3, 0.4) is 0 Å². The standard InChI is InChI=1S/C13H11Br2NO/c1-8-2-3-9(14)6-12(8)17-13-7-10(15)4-5-11(13)16/h2-7H,16H2,1H3. The van der Waals surface area contributed by atoms with Crippen molar-refractivity contribution in [3.8, 4) is 11.5 Å². The van der Waals surface area contributed by atoms with Crippen LogP contribution < -0.4 is 10.5 Å². The van der Waals surface area contributed by atoms with Crippen LogP contribution in [0.5, 0.6) is 11.5 Å². The number of rotatable bonds is 2. The van der Waals surface area contributed by atoms with E-state index in [-0.39, 0.29) is 0 Å². The number of hydrogen-bond donors (Lipinski definition) is 1. The van der Waals surface area contributed by atoms with Crippen molar-refractivity contribution in [2.24, 2.45) is 0 Å². The highest BCUT2D eigenvalue weighted by Crippen LogP contribution is 2.33. The first-order valence-corrected chi connectivity index (χ1v) is 6.64. The lowest BCUT2D eigenvalue weighted by Crippen LogP contribution is -1.93. The van der Waals surface area contributed by atoms with Crippen molar-refractivity contribution in [1.29, 1.82) is 0 Å². The van der Waals surface area contributed by atoms with Crippen molar-refractivity contribution >= 4 is 37.5 Å². The van der Waals surface area contributed by atoms with E-state index in [9.17, 15) is 0 Å². The molecule has 0 bridgehead atoms. The van der Waals surface area contributed by atoms with Crippen LogP contribution in [0.1, 0.15) is 5.56 Å². The summed E-state index contributed by atoms with van der Waals surface area (Å²) in [5, 5.41) is 0. The van der Waals surface area contributed by atoms with E-state index in [1.807, 2.05) is 43.3 Å². The van der Waals surface area contributed by atoms with Gasteiger partial charge in [0.15, 0.2) is 5.75 Å². The van der Waals surface area contributed by atoms with Crippen molar-refractivity contribution in [3.05, 3.63) is 50.9 Å². The van der Waals surface area contributed by atoms with E-state index in [0.717, 1.165) is 20.3 Å². The molecule has 0 atom stereocenters. The molecule has 0 radical (unpaired) electrons. The van der Waals surface area contributed by atoms with Crippen LogP contribution in [0.4, 0.5) is 5.69 Å². The SMILES string of the molecule is Cc1ccc(Br)cc1Oc1cc(Br)ccc1N. The fourth-order valence-electron chi connectivity index (χ4n) is 1.40. The second kappa shape index (κ2) is 5.10. The van der Waals surface area contributed by atoms with Crippen molar-refractivity contribution in [3.63, 3.8) is 0 Å². The van der Waals surface area contributed by atoms with Gasteiger partial charge in [0, 0.05) is 8.95 Å². The van der Waals surface area contributed by atoms with Crippen molar-refractivity contribution in [2.45, 2.75) is 6.92 Å². The summed E-state index contributed by atoms with van der Waals surface area (Å²) < 4.78 is 7.73. The molecule has 88 valence electrons. The number of anilines is 1. The van der Waals surface area contributed by atoms with Gasteiger partial charge in [0.05, 0.1) is 5.69 Å². The van der Waals surface area contributed by atoms with E-state index in [4.69, 9.17) is 10.5 Å². The molecule has 2 nitrogen and oxygen atoms in total. The van der Waals surface area contributed by atoms with E-state index in [0.29, 0.717) is 11.4 Å². The maximum absolute atomic E-state index is 5.87. The predicted octanol–water partition coefficient (Wildman–Crippen LogP) is 4.89. The van der Waals surface area contributed by atoms with Crippen LogP contribution in [-0.4, -0.2) is 0 Å². The van der Waals surface area contributed by atoms with Crippen molar-refractivity contribution in [1.82, 2.24) is 0 Å². The van der Waals surface area contributed by atoms with E-state index in [2.05, 4.69) is 31.9 Å². The van der Waals surface area contributed by atoms with E-state index in [1.165, 1.54) is 0 Å². The average molecular weight is 357 g/mol. The summed E-state index contributed by atoms with van der Waals surface area (Å²) in [5.74, 6) is 1.45. The lowest BCUT2D eigenvalue weighted by atomic mass is 10.2. The minimum atomic E-state index is 0.618. The number of hydrogen-bond acceptors (Lipinski definition) is 2. The fourth-order valence-corrected chi connectivity index (χ4v) is 2.08. The first-order chi connectivity index (χ1) is 8.06. The minimum absolute atomic E-state index is 0.618. The first-order valence-electron chi connectivity index (χ1n) is 5.05. The summed E-state index contributed by atoms with van der Waals surface area (Å²) in [7, 11) is 0. The molecule has 4 heteroatoms.